The highest BCUT2D eigenvalue weighted by Crippen LogP contribution is 2.20. The van der Waals surface area contributed by atoms with E-state index in [4.69, 9.17) is 4.52 Å². The van der Waals surface area contributed by atoms with Crippen LogP contribution in [0.15, 0.2) is 4.52 Å². The van der Waals surface area contributed by atoms with Crippen molar-refractivity contribution >= 4 is 17.7 Å². The Labute approximate surface area is 118 Å². The van der Waals surface area contributed by atoms with Crippen molar-refractivity contribution < 1.29 is 9.32 Å². The topological polar surface area (TPSA) is 68.0 Å². The van der Waals surface area contributed by atoms with Crippen LogP contribution in [0.25, 0.3) is 0 Å². The SMILES string of the molecule is CC(C)(C)NC(=O)CSCc1nc(C(C)(C)C)no1. The van der Waals surface area contributed by atoms with Gasteiger partial charge in [-0.25, -0.2) is 0 Å². The fraction of sp³-hybridized carbons (Fsp3) is 0.769. The molecule has 6 heteroatoms. The molecule has 1 rings (SSSR count). The van der Waals surface area contributed by atoms with Gasteiger partial charge < -0.3 is 9.84 Å². The number of hydrogen-bond acceptors (Lipinski definition) is 5. The summed E-state index contributed by atoms with van der Waals surface area (Å²) in [6.45, 7) is 12.0. The van der Waals surface area contributed by atoms with Gasteiger partial charge in [-0.05, 0) is 20.8 Å². The van der Waals surface area contributed by atoms with Crippen molar-refractivity contribution in [1.82, 2.24) is 15.5 Å². The van der Waals surface area contributed by atoms with Crippen LogP contribution in [-0.4, -0.2) is 27.3 Å². The average Bonchev–Trinajstić information content (AvgIpc) is 2.62. The highest BCUT2D eigenvalue weighted by molar-refractivity contribution is 7.99. The van der Waals surface area contributed by atoms with Crippen LogP contribution in [0.2, 0.25) is 0 Å². The molecule has 1 aromatic heterocycles. The van der Waals surface area contributed by atoms with E-state index < -0.39 is 0 Å². The van der Waals surface area contributed by atoms with Gasteiger partial charge in [0, 0.05) is 11.0 Å². The molecule has 0 saturated carbocycles. The lowest BCUT2D eigenvalue weighted by molar-refractivity contribution is -0.119. The minimum Gasteiger partial charge on any atom is -0.351 e. The molecular formula is C13H23N3O2S. The van der Waals surface area contributed by atoms with Crippen LogP contribution in [0.1, 0.15) is 53.3 Å². The molecule has 108 valence electrons. The first-order valence-electron chi connectivity index (χ1n) is 6.30. The Morgan fingerprint density at radius 3 is 2.37 bits per heavy atom. The number of thioether (sulfide) groups is 1. The Morgan fingerprint density at radius 2 is 1.89 bits per heavy atom. The summed E-state index contributed by atoms with van der Waals surface area (Å²) >= 11 is 1.47. The molecule has 1 amide bonds. The lowest BCUT2D eigenvalue weighted by Crippen LogP contribution is -2.41. The third-order valence-corrected chi connectivity index (χ3v) is 3.03. The second-order valence-electron chi connectivity index (χ2n) is 6.55. The summed E-state index contributed by atoms with van der Waals surface area (Å²) < 4.78 is 5.16. The van der Waals surface area contributed by atoms with Crippen molar-refractivity contribution in [2.75, 3.05) is 5.75 Å². The highest BCUT2D eigenvalue weighted by Gasteiger charge is 2.21. The van der Waals surface area contributed by atoms with Crippen molar-refractivity contribution in [3.63, 3.8) is 0 Å². The van der Waals surface area contributed by atoms with Crippen molar-refractivity contribution in [1.29, 1.82) is 0 Å². The molecule has 0 fully saturated rings. The Morgan fingerprint density at radius 1 is 1.26 bits per heavy atom. The van der Waals surface area contributed by atoms with Crippen LogP contribution in [0.3, 0.4) is 0 Å². The molecule has 0 bridgehead atoms. The highest BCUT2D eigenvalue weighted by atomic mass is 32.2. The van der Waals surface area contributed by atoms with E-state index in [1.807, 2.05) is 41.5 Å². The maximum atomic E-state index is 11.6. The van der Waals surface area contributed by atoms with E-state index in [1.165, 1.54) is 11.8 Å². The number of aromatic nitrogens is 2. The molecule has 0 spiro atoms. The van der Waals surface area contributed by atoms with Gasteiger partial charge >= 0.3 is 0 Å². The first kappa shape index (κ1) is 16.0. The fourth-order valence-electron chi connectivity index (χ4n) is 1.30. The van der Waals surface area contributed by atoms with E-state index in [2.05, 4.69) is 15.5 Å². The van der Waals surface area contributed by atoms with E-state index in [1.54, 1.807) is 0 Å². The molecule has 0 radical (unpaired) electrons. The van der Waals surface area contributed by atoms with Crippen molar-refractivity contribution in [3.05, 3.63) is 11.7 Å². The molecular weight excluding hydrogens is 262 g/mol. The third-order valence-electron chi connectivity index (χ3n) is 2.11. The molecule has 0 aliphatic rings. The zero-order chi connectivity index (χ0) is 14.7. The molecule has 1 N–H and O–H groups in total. The van der Waals surface area contributed by atoms with E-state index in [0.29, 0.717) is 23.2 Å². The Balaban J connectivity index is 2.38. The summed E-state index contributed by atoms with van der Waals surface area (Å²) in [6.07, 6.45) is 0. The molecule has 0 aromatic carbocycles. The van der Waals surface area contributed by atoms with E-state index in [9.17, 15) is 4.79 Å². The summed E-state index contributed by atoms with van der Waals surface area (Å²) in [4.78, 5) is 15.9. The fourth-order valence-corrected chi connectivity index (χ4v) is 1.96. The standard InChI is InChI=1S/C13H23N3O2S/c1-12(2,3)11-14-10(18-16-11)8-19-7-9(17)15-13(4,5)6/h7-8H2,1-6H3,(H,15,17). The zero-order valence-electron chi connectivity index (χ0n) is 12.5. The number of carbonyl (C=O) groups excluding carboxylic acids is 1. The van der Waals surface area contributed by atoms with Crippen LogP contribution in [0.5, 0.6) is 0 Å². The van der Waals surface area contributed by atoms with Gasteiger partial charge in [-0.3, -0.25) is 4.79 Å². The van der Waals surface area contributed by atoms with Crippen LogP contribution in [0, 0.1) is 0 Å². The zero-order valence-corrected chi connectivity index (χ0v) is 13.3. The van der Waals surface area contributed by atoms with Gasteiger partial charge in [0.05, 0.1) is 11.5 Å². The van der Waals surface area contributed by atoms with Crippen LogP contribution < -0.4 is 5.32 Å². The van der Waals surface area contributed by atoms with Crippen molar-refractivity contribution in [2.24, 2.45) is 0 Å². The number of nitrogens with one attached hydrogen (secondary N) is 1. The maximum absolute atomic E-state index is 11.6. The summed E-state index contributed by atoms with van der Waals surface area (Å²) in [5, 5.41) is 6.85. The second kappa shape index (κ2) is 5.94. The van der Waals surface area contributed by atoms with Crippen molar-refractivity contribution in [3.8, 4) is 0 Å². The van der Waals surface area contributed by atoms with Crippen LogP contribution >= 0.6 is 11.8 Å². The Bertz CT molecular complexity index is 430. The molecule has 1 heterocycles. The monoisotopic (exact) mass is 285 g/mol. The summed E-state index contributed by atoms with van der Waals surface area (Å²) in [5.41, 5.74) is -0.308. The van der Waals surface area contributed by atoms with E-state index >= 15 is 0 Å². The van der Waals surface area contributed by atoms with Gasteiger partial charge in [-0.15, -0.1) is 11.8 Å². The second-order valence-corrected chi connectivity index (χ2v) is 7.54. The first-order chi connectivity index (χ1) is 8.58. The normalized spacial score (nSPS) is 12.5. The summed E-state index contributed by atoms with van der Waals surface area (Å²) in [7, 11) is 0. The number of nitrogens with zero attached hydrogens (tertiary/aromatic N) is 2. The summed E-state index contributed by atoms with van der Waals surface area (Å²) in [6, 6.07) is 0. The molecule has 1 aromatic rings. The van der Waals surface area contributed by atoms with Gasteiger partial charge in [-0.2, -0.15) is 4.98 Å². The predicted octanol–water partition coefficient (Wildman–Crippen LogP) is 2.52. The number of carbonyl (C=O) groups is 1. The smallest absolute Gasteiger partial charge is 0.236 e. The molecule has 0 atom stereocenters. The number of amides is 1. The molecule has 0 saturated heterocycles. The number of hydrogen-bond donors (Lipinski definition) is 1. The van der Waals surface area contributed by atoms with Crippen molar-refractivity contribution in [2.45, 2.75) is 58.2 Å². The average molecular weight is 285 g/mol. The Kier molecular flexibility index (Phi) is 5.01. The quantitative estimate of drug-likeness (QED) is 0.920. The molecule has 19 heavy (non-hydrogen) atoms. The molecule has 0 aliphatic carbocycles. The van der Waals surface area contributed by atoms with E-state index in [-0.39, 0.29) is 16.9 Å². The molecule has 5 nitrogen and oxygen atoms in total. The molecule has 0 aliphatic heterocycles. The minimum absolute atomic E-state index is 0.0214. The van der Waals surface area contributed by atoms with Gasteiger partial charge in [0.2, 0.25) is 11.8 Å². The third kappa shape index (κ3) is 6.09. The van der Waals surface area contributed by atoms with Gasteiger partial charge in [0.15, 0.2) is 5.82 Å². The molecule has 0 unspecified atom stereocenters. The van der Waals surface area contributed by atoms with Crippen LogP contribution in [-0.2, 0) is 16.0 Å². The summed E-state index contributed by atoms with van der Waals surface area (Å²) in [5.74, 6) is 2.24. The predicted molar refractivity (Wildman–Crippen MR) is 77.1 cm³/mol. The lowest BCUT2D eigenvalue weighted by Gasteiger charge is -2.20. The van der Waals surface area contributed by atoms with Gasteiger partial charge in [-0.1, -0.05) is 25.9 Å². The van der Waals surface area contributed by atoms with Crippen LogP contribution in [0.4, 0.5) is 0 Å². The van der Waals surface area contributed by atoms with Gasteiger partial charge in [0.1, 0.15) is 0 Å². The maximum Gasteiger partial charge on any atom is 0.236 e. The Hall–Kier alpha value is -1.04. The lowest BCUT2D eigenvalue weighted by atomic mass is 9.96. The van der Waals surface area contributed by atoms with Gasteiger partial charge in [0.25, 0.3) is 0 Å². The largest absolute Gasteiger partial charge is 0.351 e. The van der Waals surface area contributed by atoms with E-state index in [0.717, 1.165) is 0 Å². The first-order valence-corrected chi connectivity index (χ1v) is 7.45. The number of rotatable bonds is 4. The minimum atomic E-state index is -0.193.